The van der Waals surface area contributed by atoms with E-state index in [9.17, 15) is 0 Å². The lowest BCUT2D eigenvalue weighted by atomic mass is 10.1. The van der Waals surface area contributed by atoms with Crippen molar-refractivity contribution in [1.82, 2.24) is 14.8 Å². The summed E-state index contributed by atoms with van der Waals surface area (Å²) in [4.78, 5) is 8.67. The Hall–Kier alpha value is -2.23. The van der Waals surface area contributed by atoms with Gasteiger partial charge in [-0.3, -0.25) is 4.99 Å². The van der Waals surface area contributed by atoms with Crippen LogP contribution < -0.4 is 0 Å². The highest BCUT2D eigenvalue weighted by Crippen LogP contribution is 2.09. The van der Waals surface area contributed by atoms with Crippen molar-refractivity contribution in [3.05, 3.63) is 54.1 Å². The molecule has 0 amide bonds. The van der Waals surface area contributed by atoms with Gasteiger partial charge in [0.25, 0.3) is 0 Å². The average Bonchev–Trinajstić information content (AvgIpc) is 2.73. The molecule has 86 valence electrons. The van der Waals surface area contributed by atoms with Crippen LogP contribution >= 0.6 is 0 Å². The molecule has 2 aromatic rings. The lowest BCUT2D eigenvalue weighted by Gasteiger charge is -2.04. The topological polar surface area (TPSA) is 43.1 Å². The van der Waals surface area contributed by atoms with E-state index in [1.54, 1.807) is 17.9 Å². The third kappa shape index (κ3) is 2.15. The van der Waals surface area contributed by atoms with Crippen LogP contribution in [-0.2, 0) is 0 Å². The van der Waals surface area contributed by atoms with E-state index in [0.717, 1.165) is 11.3 Å². The number of hydrogen-bond acceptors (Lipinski definition) is 3. The van der Waals surface area contributed by atoms with Gasteiger partial charge in [-0.1, -0.05) is 36.9 Å². The van der Waals surface area contributed by atoms with Crippen molar-refractivity contribution < 1.29 is 0 Å². The lowest BCUT2D eigenvalue weighted by molar-refractivity contribution is 0.904. The van der Waals surface area contributed by atoms with E-state index in [-0.39, 0.29) is 0 Å². The van der Waals surface area contributed by atoms with Gasteiger partial charge in [-0.25, -0.2) is 9.67 Å². The van der Waals surface area contributed by atoms with E-state index in [1.807, 2.05) is 37.3 Å². The molecule has 0 saturated heterocycles. The molecule has 4 heteroatoms. The Morgan fingerprint density at radius 2 is 2.06 bits per heavy atom. The van der Waals surface area contributed by atoms with Crippen LogP contribution in [0.2, 0.25) is 0 Å². The summed E-state index contributed by atoms with van der Waals surface area (Å²) in [5.41, 5.74) is 1.83. The van der Waals surface area contributed by atoms with Crippen molar-refractivity contribution in [2.45, 2.75) is 6.92 Å². The maximum Gasteiger partial charge on any atom is 0.181 e. The lowest BCUT2D eigenvalue weighted by Crippen LogP contribution is -2.10. The van der Waals surface area contributed by atoms with Gasteiger partial charge in [0.2, 0.25) is 0 Å². The molecule has 1 aromatic heterocycles. The Bertz CT molecular complexity index is 552. The normalized spacial score (nSPS) is 11.5. The molecule has 1 aromatic carbocycles. The van der Waals surface area contributed by atoms with Crippen LogP contribution in [-0.4, -0.2) is 27.5 Å². The quantitative estimate of drug-likeness (QED) is 0.753. The number of aryl methyl sites for hydroxylation is 1. The second kappa shape index (κ2) is 4.74. The molecule has 0 N–H and O–H groups in total. The number of aliphatic imine (C=N–C) groups is 1. The summed E-state index contributed by atoms with van der Waals surface area (Å²) in [5.74, 6) is 1.42. The minimum Gasteiger partial charge on any atom is -0.284 e. The van der Waals surface area contributed by atoms with Crippen molar-refractivity contribution in [3.8, 4) is 0 Å². The minimum atomic E-state index is 0.706. The Labute approximate surface area is 100 Å². The zero-order valence-electron chi connectivity index (χ0n) is 9.96. The summed E-state index contributed by atoms with van der Waals surface area (Å²) in [6, 6.07) is 9.92. The summed E-state index contributed by atoms with van der Waals surface area (Å²) >= 11 is 0. The minimum absolute atomic E-state index is 0.706. The molecular formula is C13H14N4. The van der Waals surface area contributed by atoms with Gasteiger partial charge >= 0.3 is 0 Å². The maximum atomic E-state index is 4.38. The van der Waals surface area contributed by atoms with Gasteiger partial charge in [0.05, 0.1) is 0 Å². The number of benzene rings is 1. The first-order chi connectivity index (χ1) is 8.26. The Kier molecular flexibility index (Phi) is 3.14. The van der Waals surface area contributed by atoms with E-state index >= 15 is 0 Å². The van der Waals surface area contributed by atoms with Gasteiger partial charge in [0, 0.05) is 18.8 Å². The molecule has 0 unspecified atom stereocenters. The average molecular weight is 226 g/mol. The van der Waals surface area contributed by atoms with Gasteiger partial charge in [0.15, 0.2) is 5.82 Å². The van der Waals surface area contributed by atoms with E-state index in [4.69, 9.17) is 0 Å². The highest BCUT2D eigenvalue weighted by Gasteiger charge is 2.13. The summed E-state index contributed by atoms with van der Waals surface area (Å²) in [6.07, 6.45) is 1.63. The summed E-state index contributed by atoms with van der Waals surface area (Å²) in [7, 11) is 1.75. The molecule has 0 atom stereocenters. The first-order valence-electron chi connectivity index (χ1n) is 5.34. The summed E-state index contributed by atoms with van der Waals surface area (Å²) < 4.78 is 1.64. The zero-order chi connectivity index (χ0) is 12.3. The monoisotopic (exact) mass is 226 g/mol. The Morgan fingerprint density at radius 3 is 2.65 bits per heavy atom. The molecule has 0 fully saturated rings. The maximum absolute atomic E-state index is 4.38. The van der Waals surface area contributed by atoms with Crippen molar-refractivity contribution in [3.63, 3.8) is 0 Å². The van der Waals surface area contributed by atoms with E-state index < -0.39 is 0 Å². The van der Waals surface area contributed by atoms with Crippen molar-refractivity contribution in [2.24, 2.45) is 4.99 Å². The first-order valence-corrected chi connectivity index (χ1v) is 5.34. The smallest absolute Gasteiger partial charge is 0.181 e. The molecule has 4 nitrogen and oxygen atoms in total. The standard InChI is InChI=1S/C13H14N4/c1-4-17-13(15-10(2)16-17)12(14-3)11-8-6-5-7-9-11/h4-9H,1H2,2-3H3. The fourth-order valence-electron chi connectivity index (χ4n) is 1.67. The Balaban J connectivity index is 2.54. The van der Waals surface area contributed by atoms with Gasteiger partial charge < -0.3 is 0 Å². The number of aromatic nitrogens is 3. The second-order valence-electron chi connectivity index (χ2n) is 3.55. The molecule has 17 heavy (non-hydrogen) atoms. The second-order valence-corrected chi connectivity index (χ2v) is 3.55. The molecule has 0 aliphatic carbocycles. The largest absolute Gasteiger partial charge is 0.284 e. The SMILES string of the molecule is C=Cn1nc(C)nc1C(=NC)c1ccccc1. The molecule has 2 rings (SSSR count). The fourth-order valence-corrected chi connectivity index (χ4v) is 1.67. The van der Waals surface area contributed by atoms with Crippen LogP contribution in [0.4, 0.5) is 0 Å². The fraction of sp³-hybridized carbons (Fsp3) is 0.154. The van der Waals surface area contributed by atoms with Gasteiger partial charge in [-0.15, -0.1) is 0 Å². The molecule has 0 aliphatic heterocycles. The summed E-state index contributed by atoms with van der Waals surface area (Å²) in [6.45, 7) is 5.57. The highest BCUT2D eigenvalue weighted by molar-refractivity contribution is 6.10. The van der Waals surface area contributed by atoms with Gasteiger partial charge in [-0.05, 0) is 6.92 Å². The first kappa shape index (κ1) is 11.3. The molecule has 0 aliphatic rings. The van der Waals surface area contributed by atoms with Gasteiger partial charge in [0.1, 0.15) is 11.5 Å². The number of hydrogen-bond donors (Lipinski definition) is 0. The third-order valence-corrected chi connectivity index (χ3v) is 2.39. The predicted molar refractivity (Wildman–Crippen MR) is 69.2 cm³/mol. The molecule has 1 heterocycles. The molecular weight excluding hydrogens is 212 g/mol. The van der Waals surface area contributed by atoms with Crippen molar-refractivity contribution in [2.75, 3.05) is 7.05 Å². The summed E-state index contributed by atoms with van der Waals surface area (Å²) in [5, 5.41) is 4.23. The third-order valence-electron chi connectivity index (χ3n) is 2.39. The van der Waals surface area contributed by atoms with Crippen molar-refractivity contribution >= 4 is 11.9 Å². The molecule has 0 spiro atoms. The van der Waals surface area contributed by atoms with E-state index in [0.29, 0.717) is 11.6 Å². The van der Waals surface area contributed by atoms with E-state index in [1.165, 1.54) is 0 Å². The number of rotatable bonds is 3. The van der Waals surface area contributed by atoms with Crippen LogP contribution in [0, 0.1) is 6.92 Å². The Morgan fingerprint density at radius 1 is 1.35 bits per heavy atom. The molecule has 0 bridgehead atoms. The van der Waals surface area contributed by atoms with Crippen LogP contribution in [0.3, 0.4) is 0 Å². The zero-order valence-corrected chi connectivity index (χ0v) is 9.96. The van der Waals surface area contributed by atoms with Crippen LogP contribution in [0.1, 0.15) is 17.2 Å². The molecule has 0 saturated carbocycles. The number of nitrogens with zero attached hydrogens (tertiary/aromatic N) is 4. The van der Waals surface area contributed by atoms with Crippen LogP contribution in [0.15, 0.2) is 41.9 Å². The van der Waals surface area contributed by atoms with Crippen LogP contribution in [0.25, 0.3) is 6.20 Å². The highest BCUT2D eigenvalue weighted by atomic mass is 15.3. The van der Waals surface area contributed by atoms with Crippen LogP contribution in [0.5, 0.6) is 0 Å². The van der Waals surface area contributed by atoms with Crippen molar-refractivity contribution in [1.29, 1.82) is 0 Å². The molecule has 0 radical (unpaired) electrons. The van der Waals surface area contributed by atoms with E-state index in [2.05, 4.69) is 21.7 Å². The van der Waals surface area contributed by atoms with Gasteiger partial charge in [-0.2, -0.15) is 5.10 Å². The predicted octanol–water partition coefficient (Wildman–Crippen LogP) is 2.15.